The van der Waals surface area contributed by atoms with Crippen molar-refractivity contribution in [2.45, 2.75) is 11.4 Å². The molecule has 0 aliphatic rings. The molecule has 0 spiro atoms. The highest BCUT2D eigenvalue weighted by Gasteiger charge is 2.05. The first-order valence-corrected chi connectivity index (χ1v) is 6.86. The summed E-state index contributed by atoms with van der Waals surface area (Å²) in [5.41, 5.74) is 1.56. The fourth-order valence-electron chi connectivity index (χ4n) is 1.55. The van der Waals surface area contributed by atoms with Crippen LogP contribution in [0, 0.1) is 11.3 Å². The van der Waals surface area contributed by atoms with Crippen molar-refractivity contribution in [2.75, 3.05) is 11.6 Å². The lowest BCUT2D eigenvalue weighted by molar-refractivity contribution is 1.10. The van der Waals surface area contributed by atoms with E-state index in [1.54, 1.807) is 11.8 Å². The Balaban J connectivity index is 2.36. The molecular weight excluding hydrogens is 252 g/mol. The maximum atomic E-state index is 9.12. The van der Waals surface area contributed by atoms with Gasteiger partial charge in [-0.3, -0.25) is 0 Å². The van der Waals surface area contributed by atoms with Gasteiger partial charge in [-0.2, -0.15) is 5.26 Å². The minimum Gasteiger partial charge on any atom is -0.241 e. The number of aromatic nitrogens is 1. The molecule has 0 aliphatic heterocycles. The lowest BCUT2D eigenvalue weighted by atomic mass is 10.1. The van der Waals surface area contributed by atoms with E-state index in [1.807, 2.05) is 30.3 Å². The van der Waals surface area contributed by atoms with Crippen molar-refractivity contribution in [1.82, 2.24) is 4.98 Å². The van der Waals surface area contributed by atoms with Gasteiger partial charge in [0.25, 0.3) is 0 Å². The summed E-state index contributed by atoms with van der Waals surface area (Å²) >= 11 is 7.28. The van der Waals surface area contributed by atoms with Crippen molar-refractivity contribution < 1.29 is 0 Å². The molecule has 0 bridgehead atoms. The summed E-state index contributed by atoms with van der Waals surface area (Å²) in [6.07, 6.45) is 0.947. The van der Waals surface area contributed by atoms with E-state index in [0.29, 0.717) is 11.4 Å². The van der Waals surface area contributed by atoms with Gasteiger partial charge in [0, 0.05) is 17.0 Å². The summed E-state index contributed by atoms with van der Waals surface area (Å²) in [4.78, 5) is 4.52. The molecule has 2 nitrogen and oxygen atoms in total. The number of nitrogens with zero attached hydrogens (tertiary/aromatic N) is 2. The van der Waals surface area contributed by atoms with E-state index in [2.05, 4.69) is 11.1 Å². The molecule has 0 radical (unpaired) electrons. The van der Waals surface area contributed by atoms with E-state index < -0.39 is 0 Å². The quantitative estimate of drug-likeness (QED) is 0.477. The Labute approximate surface area is 110 Å². The van der Waals surface area contributed by atoms with Crippen molar-refractivity contribution >= 4 is 34.3 Å². The van der Waals surface area contributed by atoms with E-state index >= 15 is 0 Å². The largest absolute Gasteiger partial charge is 0.241 e. The summed E-state index contributed by atoms with van der Waals surface area (Å²) in [5.74, 6) is 1.59. The van der Waals surface area contributed by atoms with Crippen molar-refractivity contribution in [3.8, 4) is 6.07 Å². The van der Waals surface area contributed by atoms with Gasteiger partial charge in [-0.25, -0.2) is 4.98 Å². The number of halogens is 1. The predicted molar refractivity (Wildman–Crippen MR) is 72.5 cm³/mol. The zero-order valence-electron chi connectivity index (χ0n) is 9.19. The standard InChI is InChI=1S/C13H11ClN2S/c14-6-3-7-17-13-8-10(9-15)11-4-1-2-5-12(11)16-13/h1-2,4-5,8H,3,6-7H2. The maximum Gasteiger partial charge on any atom is 0.0999 e. The minimum atomic E-state index is 0.658. The average molecular weight is 263 g/mol. The molecule has 1 aromatic heterocycles. The Morgan fingerprint density at radius 3 is 2.94 bits per heavy atom. The van der Waals surface area contributed by atoms with Crippen molar-refractivity contribution in [2.24, 2.45) is 0 Å². The van der Waals surface area contributed by atoms with E-state index in [9.17, 15) is 0 Å². The van der Waals surface area contributed by atoms with Crippen LogP contribution < -0.4 is 0 Å². The third-order valence-electron chi connectivity index (χ3n) is 2.34. The molecule has 1 aromatic carbocycles. The summed E-state index contributed by atoms with van der Waals surface area (Å²) in [6.45, 7) is 0. The Morgan fingerprint density at radius 2 is 2.18 bits per heavy atom. The maximum absolute atomic E-state index is 9.12. The normalized spacial score (nSPS) is 10.4. The predicted octanol–water partition coefficient (Wildman–Crippen LogP) is 3.83. The molecule has 0 unspecified atom stereocenters. The molecule has 0 saturated carbocycles. The molecule has 0 aliphatic carbocycles. The third-order valence-corrected chi connectivity index (χ3v) is 3.61. The first-order chi connectivity index (χ1) is 8.35. The molecule has 0 N–H and O–H groups in total. The van der Waals surface area contributed by atoms with E-state index in [-0.39, 0.29) is 0 Å². The number of alkyl halides is 1. The number of hydrogen-bond acceptors (Lipinski definition) is 3. The van der Waals surface area contributed by atoms with E-state index in [4.69, 9.17) is 16.9 Å². The zero-order valence-corrected chi connectivity index (χ0v) is 10.8. The second-order valence-electron chi connectivity index (χ2n) is 3.53. The van der Waals surface area contributed by atoms with Crippen LogP contribution in [0.15, 0.2) is 35.4 Å². The number of para-hydroxylation sites is 1. The van der Waals surface area contributed by atoms with E-state index in [1.165, 1.54) is 0 Å². The summed E-state index contributed by atoms with van der Waals surface area (Å²) in [7, 11) is 0. The minimum absolute atomic E-state index is 0.658. The molecule has 17 heavy (non-hydrogen) atoms. The fourth-order valence-corrected chi connectivity index (χ4v) is 2.70. The summed E-state index contributed by atoms with van der Waals surface area (Å²) in [6, 6.07) is 11.8. The number of fused-ring (bicyclic) bond motifs is 1. The Kier molecular flexibility index (Phi) is 4.24. The van der Waals surface area contributed by atoms with Gasteiger partial charge in [0.15, 0.2) is 0 Å². The lowest BCUT2D eigenvalue weighted by Crippen LogP contribution is -1.89. The van der Waals surface area contributed by atoms with E-state index in [0.717, 1.165) is 28.1 Å². The van der Waals surface area contributed by atoms with Gasteiger partial charge in [0.05, 0.1) is 22.2 Å². The van der Waals surface area contributed by atoms with Crippen LogP contribution in [0.4, 0.5) is 0 Å². The average Bonchev–Trinajstić information content (AvgIpc) is 2.38. The molecule has 4 heteroatoms. The Morgan fingerprint density at radius 1 is 1.35 bits per heavy atom. The van der Waals surface area contributed by atoms with Gasteiger partial charge >= 0.3 is 0 Å². The zero-order chi connectivity index (χ0) is 12.1. The van der Waals surface area contributed by atoms with Crippen molar-refractivity contribution in [3.63, 3.8) is 0 Å². The van der Waals surface area contributed by atoms with Crippen LogP contribution in [0.3, 0.4) is 0 Å². The van der Waals surface area contributed by atoms with Gasteiger partial charge in [-0.1, -0.05) is 18.2 Å². The Hall–Kier alpha value is -1.24. The summed E-state index contributed by atoms with van der Waals surface area (Å²) in [5, 5.41) is 10.9. The molecule has 2 rings (SSSR count). The molecular formula is C13H11ClN2S. The first-order valence-electron chi connectivity index (χ1n) is 5.34. The van der Waals surface area contributed by atoms with Crippen LogP contribution in [0.25, 0.3) is 10.9 Å². The van der Waals surface area contributed by atoms with Gasteiger partial charge in [-0.05, 0) is 18.6 Å². The molecule has 0 amide bonds. The van der Waals surface area contributed by atoms with Crippen molar-refractivity contribution in [1.29, 1.82) is 5.26 Å². The van der Waals surface area contributed by atoms with Gasteiger partial charge in [0.2, 0.25) is 0 Å². The second-order valence-corrected chi connectivity index (χ2v) is 5.02. The fraction of sp³-hybridized carbons (Fsp3) is 0.231. The Bertz CT molecular complexity index is 563. The van der Waals surface area contributed by atoms with Crippen LogP contribution in [0.2, 0.25) is 0 Å². The smallest absolute Gasteiger partial charge is 0.0999 e. The van der Waals surface area contributed by atoms with Crippen LogP contribution in [-0.4, -0.2) is 16.6 Å². The van der Waals surface area contributed by atoms with Gasteiger partial charge in [-0.15, -0.1) is 23.4 Å². The van der Waals surface area contributed by atoms with Gasteiger partial charge < -0.3 is 0 Å². The summed E-state index contributed by atoms with van der Waals surface area (Å²) < 4.78 is 0. The second kappa shape index (κ2) is 5.90. The molecule has 0 fully saturated rings. The molecule has 1 heterocycles. The van der Waals surface area contributed by atoms with Crippen LogP contribution in [0.1, 0.15) is 12.0 Å². The monoisotopic (exact) mass is 262 g/mol. The molecule has 0 saturated heterocycles. The topological polar surface area (TPSA) is 36.7 Å². The first kappa shape index (κ1) is 12.2. The number of hydrogen-bond donors (Lipinski definition) is 0. The molecule has 2 aromatic rings. The van der Waals surface area contributed by atoms with Crippen LogP contribution in [-0.2, 0) is 0 Å². The van der Waals surface area contributed by atoms with Crippen LogP contribution >= 0.6 is 23.4 Å². The number of thioether (sulfide) groups is 1. The number of pyridine rings is 1. The molecule has 86 valence electrons. The number of rotatable bonds is 4. The van der Waals surface area contributed by atoms with Crippen molar-refractivity contribution in [3.05, 3.63) is 35.9 Å². The highest BCUT2D eigenvalue weighted by Crippen LogP contribution is 2.24. The highest BCUT2D eigenvalue weighted by molar-refractivity contribution is 7.99. The number of nitriles is 1. The molecule has 0 atom stereocenters. The lowest BCUT2D eigenvalue weighted by Gasteiger charge is -2.04. The van der Waals surface area contributed by atoms with Gasteiger partial charge in [0.1, 0.15) is 0 Å². The number of benzene rings is 1. The third kappa shape index (κ3) is 2.91. The SMILES string of the molecule is N#Cc1cc(SCCCCl)nc2ccccc12. The highest BCUT2D eigenvalue weighted by atomic mass is 35.5. The van der Waals surface area contributed by atoms with Crippen LogP contribution in [0.5, 0.6) is 0 Å².